The maximum absolute atomic E-state index is 11.0. The molecule has 0 saturated carbocycles. The molecule has 0 rings (SSSR count). The molecule has 1 unspecified atom stereocenters. The van der Waals surface area contributed by atoms with E-state index in [-0.39, 0.29) is 0 Å². The highest BCUT2D eigenvalue weighted by Crippen LogP contribution is 2.16. The van der Waals surface area contributed by atoms with Gasteiger partial charge >= 0.3 is 0 Å². The minimum absolute atomic E-state index is 0.533. The standard InChI is InChI=1S/C10H22O3S/c1-3-5-7-9-10(8-6-4-2)14(11,12)13/h10H,3-9H2,1-2H3,(H,11,12,13). The van der Waals surface area contributed by atoms with E-state index in [2.05, 4.69) is 6.92 Å². The summed E-state index contributed by atoms with van der Waals surface area (Å²) < 4.78 is 30.9. The summed E-state index contributed by atoms with van der Waals surface area (Å²) in [7, 11) is -3.82. The number of hydrogen-bond acceptors (Lipinski definition) is 2. The van der Waals surface area contributed by atoms with Crippen molar-refractivity contribution < 1.29 is 13.0 Å². The third-order valence-electron chi connectivity index (χ3n) is 2.43. The summed E-state index contributed by atoms with van der Waals surface area (Å²) in [6.07, 6.45) is 6.05. The predicted molar refractivity (Wildman–Crippen MR) is 59.0 cm³/mol. The minimum atomic E-state index is -3.82. The Labute approximate surface area is 87.7 Å². The molecule has 0 spiro atoms. The average Bonchev–Trinajstić information content (AvgIpc) is 2.09. The van der Waals surface area contributed by atoms with E-state index in [0.29, 0.717) is 12.8 Å². The summed E-state index contributed by atoms with van der Waals surface area (Å²) >= 11 is 0. The fourth-order valence-corrected chi connectivity index (χ4v) is 2.43. The van der Waals surface area contributed by atoms with Crippen LogP contribution in [0.4, 0.5) is 0 Å². The lowest BCUT2D eigenvalue weighted by Crippen LogP contribution is -2.20. The van der Waals surface area contributed by atoms with E-state index in [1.54, 1.807) is 0 Å². The molecule has 0 radical (unpaired) electrons. The zero-order valence-corrected chi connectivity index (χ0v) is 10.0. The van der Waals surface area contributed by atoms with Crippen LogP contribution in [0.5, 0.6) is 0 Å². The molecule has 0 aromatic heterocycles. The van der Waals surface area contributed by atoms with Gasteiger partial charge in [-0.3, -0.25) is 4.55 Å². The highest BCUT2D eigenvalue weighted by molar-refractivity contribution is 7.86. The van der Waals surface area contributed by atoms with Gasteiger partial charge in [-0.2, -0.15) is 8.42 Å². The summed E-state index contributed by atoms with van der Waals surface area (Å²) in [6, 6.07) is 0. The molecule has 0 saturated heterocycles. The van der Waals surface area contributed by atoms with Crippen LogP contribution in [-0.2, 0) is 10.1 Å². The molecule has 0 aliphatic heterocycles. The van der Waals surface area contributed by atoms with Crippen LogP contribution in [0.2, 0.25) is 0 Å². The molecular formula is C10H22O3S. The van der Waals surface area contributed by atoms with Gasteiger partial charge in [0.2, 0.25) is 0 Å². The van der Waals surface area contributed by atoms with Gasteiger partial charge in [-0.1, -0.05) is 46.0 Å². The van der Waals surface area contributed by atoms with Crippen molar-refractivity contribution in [2.45, 2.75) is 64.0 Å². The predicted octanol–water partition coefficient (Wildman–Crippen LogP) is 3.01. The van der Waals surface area contributed by atoms with Crippen molar-refractivity contribution in [3.05, 3.63) is 0 Å². The van der Waals surface area contributed by atoms with Crippen molar-refractivity contribution >= 4 is 10.1 Å². The van der Waals surface area contributed by atoms with Crippen LogP contribution in [0.3, 0.4) is 0 Å². The van der Waals surface area contributed by atoms with Gasteiger partial charge in [0, 0.05) is 0 Å². The molecule has 3 nitrogen and oxygen atoms in total. The second-order valence-electron chi connectivity index (χ2n) is 3.77. The van der Waals surface area contributed by atoms with Crippen molar-refractivity contribution in [3.63, 3.8) is 0 Å². The lowest BCUT2D eigenvalue weighted by molar-refractivity contribution is 0.447. The summed E-state index contributed by atoms with van der Waals surface area (Å²) in [6.45, 7) is 4.10. The molecule has 0 heterocycles. The lowest BCUT2D eigenvalue weighted by atomic mass is 10.1. The van der Waals surface area contributed by atoms with Gasteiger partial charge < -0.3 is 0 Å². The summed E-state index contributed by atoms with van der Waals surface area (Å²) in [5.74, 6) is 0. The Morgan fingerprint density at radius 2 is 1.50 bits per heavy atom. The molecule has 86 valence electrons. The topological polar surface area (TPSA) is 54.4 Å². The first kappa shape index (κ1) is 13.9. The molecule has 0 bridgehead atoms. The van der Waals surface area contributed by atoms with Gasteiger partial charge in [0.15, 0.2) is 0 Å². The Bertz CT molecular complexity index is 222. The Hall–Kier alpha value is -0.0900. The summed E-state index contributed by atoms with van der Waals surface area (Å²) in [5.41, 5.74) is 0. The van der Waals surface area contributed by atoms with Gasteiger partial charge in [-0.25, -0.2) is 0 Å². The Morgan fingerprint density at radius 3 is 1.93 bits per heavy atom. The first-order valence-electron chi connectivity index (χ1n) is 5.48. The van der Waals surface area contributed by atoms with Crippen LogP contribution in [0.1, 0.15) is 58.8 Å². The normalized spacial score (nSPS) is 14.2. The van der Waals surface area contributed by atoms with Crippen molar-refractivity contribution in [2.24, 2.45) is 0 Å². The van der Waals surface area contributed by atoms with Crippen molar-refractivity contribution in [1.29, 1.82) is 0 Å². The highest BCUT2D eigenvalue weighted by Gasteiger charge is 2.21. The number of hydrogen-bond donors (Lipinski definition) is 1. The van der Waals surface area contributed by atoms with Crippen LogP contribution < -0.4 is 0 Å². The Balaban J connectivity index is 3.99. The van der Waals surface area contributed by atoms with E-state index in [0.717, 1.165) is 32.1 Å². The van der Waals surface area contributed by atoms with Crippen molar-refractivity contribution in [2.75, 3.05) is 0 Å². The highest BCUT2D eigenvalue weighted by atomic mass is 32.2. The molecule has 0 aliphatic rings. The van der Waals surface area contributed by atoms with Crippen LogP contribution in [0.15, 0.2) is 0 Å². The van der Waals surface area contributed by atoms with Gasteiger partial charge in [0.05, 0.1) is 5.25 Å². The second-order valence-corrected chi connectivity index (χ2v) is 5.47. The molecule has 0 aromatic carbocycles. The summed E-state index contributed by atoms with van der Waals surface area (Å²) in [4.78, 5) is 0. The van der Waals surface area contributed by atoms with Gasteiger partial charge in [-0.15, -0.1) is 0 Å². The van der Waals surface area contributed by atoms with E-state index < -0.39 is 15.4 Å². The molecule has 1 atom stereocenters. The fourth-order valence-electron chi connectivity index (χ4n) is 1.50. The molecule has 0 fully saturated rings. The first-order valence-corrected chi connectivity index (χ1v) is 6.99. The minimum Gasteiger partial charge on any atom is -0.285 e. The molecular weight excluding hydrogens is 200 g/mol. The van der Waals surface area contributed by atoms with Crippen LogP contribution >= 0.6 is 0 Å². The maximum Gasteiger partial charge on any atom is 0.267 e. The van der Waals surface area contributed by atoms with Crippen LogP contribution in [0.25, 0.3) is 0 Å². The third-order valence-corrected chi connectivity index (χ3v) is 3.74. The molecule has 0 amide bonds. The number of rotatable bonds is 8. The second kappa shape index (κ2) is 7.23. The van der Waals surface area contributed by atoms with E-state index in [9.17, 15) is 8.42 Å². The zero-order chi connectivity index (χ0) is 11.0. The molecule has 1 N–H and O–H groups in total. The largest absolute Gasteiger partial charge is 0.285 e. The smallest absolute Gasteiger partial charge is 0.267 e. The van der Waals surface area contributed by atoms with Crippen molar-refractivity contribution in [1.82, 2.24) is 0 Å². The van der Waals surface area contributed by atoms with Gasteiger partial charge in [-0.05, 0) is 12.8 Å². The van der Waals surface area contributed by atoms with Crippen molar-refractivity contribution in [3.8, 4) is 0 Å². The Kier molecular flexibility index (Phi) is 7.19. The van der Waals surface area contributed by atoms with Crippen LogP contribution in [-0.4, -0.2) is 18.2 Å². The lowest BCUT2D eigenvalue weighted by Gasteiger charge is -2.12. The van der Waals surface area contributed by atoms with Gasteiger partial charge in [0.1, 0.15) is 0 Å². The SMILES string of the molecule is CCCCCC(CCCC)S(=O)(=O)O. The maximum atomic E-state index is 11.0. The molecule has 0 aliphatic carbocycles. The third kappa shape index (κ3) is 6.38. The molecule has 14 heavy (non-hydrogen) atoms. The summed E-state index contributed by atoms with van der Waals surface area (Å²) in [5, 5.41) is -0.533. The molecule has 0 aromatic rings. The monoisotopic (exact) mass is 222 g/mol. The average molecular weight is 222 g/mol. The Morgan fingerprint density at radius 1 is 1.00 bits per heavy atom. The van der Waals surface area contributed by atoms with Crippen LogP contribution in [0, 0.1) is 0 Å². The molecule has 4 heteroatoms. The zero-order valence-electron chi connectivity index (χ0n) is 9.20. The number of unbranched alkanes of at least 4 members (excludes halogenated alkanes) is 3. The first-order chi connectivity index (χ1) is 6.52. The quantitative estimate of drug-likeness (QED) is 0.507. The fraction of sp³-hybridized carbons (Fsp3) is 1.00. The van der Waals surface area contributed by atoms with E-state index in [1.807, 2.05) is 6.92 Å². The van der Waals surface area contributed by atoms with Gasteiger partial charge in [0.25, 0.3) is 10.1 Å². The van der Waals surface area contributed by atoms with E-state index in [4.69, 9.17) is 4.55 Å². The van der Waals surface area contributed by atoms with E-state index in [1.165, 1.54) is 0 Å². The van der Waals surface area contributed by atoms with E-state index >= 15 is 0 Å².